The molecule has 0 aromatic carbocycles. The predicted octanol–water partition coefficient (Wildman–Crippen LogP) is 5.57. The molecule has 0 rings (SSSR count). The zero-order chi connectivity index (χ0) is 20.3. The first-order valence-corrected chi connectivity index (χ1v) is 11.4. The first-order chi connectivity index (χ1) is 12.3. The highest BCUT2D eigenvalue weighted by Gasteiger charge is 2.19. The Morgan fingerprint density at radius 3 is 1.15 bits per heavy atom. The molecule has 0 aliphatic rings. The fraction of sp³-hybridized carbons (Fsp3) is 0.957. The lowest BCUT2D eigenvalue weighted by Gasteiger charge is -2.35. The number of aliphatic carboxylic acids is 1. The van der Waals surface area contributed by atoms with E-state index in [0.29, 0.717) is 0 Å². The number of nitrogens with zero attached hydrogens (tertiary/aromatic N) is 1. The van der Waals surface area contributed by atoms with Crippen molar-refractivity contribution < 1.29 is 14.4 Å². The maximum absolute atomic E-state index is 9.59. The van der Waals surface area contributed by atoms with E-state index in [9.17, 15) is 9.90 Å². The molecule has 0 amide bonds. The maximum atomic E-state index is 9.59. The molecule has 0 saturated carbocycles. The number of carboxylic acid groups (broad SMARTS) is 1. The van der Waals surface area contributed by atoms with Crippen LogP contribution in [0.25, 0.3) is 0 Å². The standard InChI is InChI=1S/C19H42N.C4H8O2/c1-5-8-11-14-17-20(4,18-15-12-9-6-2)19-16-13-10-7-3;1-3(2)4(5)6/h5-19H2,1-4H3;3H,1-2H3,(H,5,6)/q+1;/p-1. The molecule has 0 heterocycles. The fourth-order valence-corrected chi connectivity index (χ4v) is 3.10. The molecular weight excluding hydrogens is 322 g/mol. The minimum atomic E-state index is -0.991. The van der Waals surface area contributed by atoms with Crippen LogP contribution in [-0.2, 0) is 4.79 Å². The highest BCUT2D eigenvalue weighted by molar-refractivity contribution is 5.66. The summed E-state index contributed by atoms with van der Waals surface area (Å²) < 4.78 is 1.34. The van der Waals surface area contributed by atoms with Crippen LogP contribution < -0.4 is 5.11 Å². The minimum Gasteiger partial charge on any atom is -0.550 e. The van der Waals surface area contributed by atoms with Crippen LogP contribution in [0.15, 0.2) is 0 Å². The average Bonchev–Trinajstić information content (AvgIpc) is 2.60. The van der Waals surface area contributed by atoms with Crippen molar-refractivity contribution in [3.8, 4) is 0 Å². The van der Waals surface area contributed by atoms with E-state index in [0.717, 1.165) is 0 Å². The van der Waals surface area contributed by atoms with Crippen molar-refractivity contribution in [3.05, 3.63) is 0 Å². The largest absolute Gasteiger partial charge is 0.550 e. The van der Waals surface area contributed by atoms with Crippen molar-refractivity contribution in [2.75, 3.05) is 26.7 Å². The van der Waals surface area contributed by atoms with Crippen molar-refractivity contribution in [2.45, 2.75) is 112 Å². The second kappa shape index (κ2) is 19.2. The Labute approximate surface area is 165 Å². The molecule has 3 heteroatoms. The minimum absolute atomic E-state index is 0.343. The Bertz CT molecular complexity index is 271. The molecule has 0 aromatic heterocycles. The van der Waals surface area contributed by atoms with Crippen LogP contribution >= 0.6 is 0 Å². The van der Waals surface area contributed by atoms with E-state index in [4.69, 9.17) is 0 Å². The lowest BCUT2D eigenvalue weighted by atomic mass is 10.1. The molecule has 0 radical (unpaired) electrons. The van der Waals surface area contributed by atoms with E-state index >= 15 is 0 Å². The average molecular weight is 372 g/mol. The zero-order valence-electron chi connectivity index (χ0n) is 18.9. The van der Waals surface area contributed by atoms with Crippen LogP contribution in [0.4, 0.5) is 0 Å². The molecule has 26 heavy (non-hydrogen) atoms. The summed E-state index contributed by atoms with van der Waals surface area (Å²) in [6.45, 7) is 14.3. The predicted molar refractivity (Wildman–Crippen MR) is 113 cm³/mol. The summed E-state index contributed by atoms with van der Waals surface area (Å²) in [7, 11) is 2.52. The van der Waals surface area contributed by atoms with Crippen molar-refractivity contribution in [3.63, 3.8) is 0 Å². The molecule has 0 atom stereocenters. The van der Waals surface area contributed by atoms with Gasteiger partial charge in [-0.25, -0.2) is 0 Å². The summed E-state index contributed by atoms with van der Waals surface area (Å²) in [5, 5.41) is 9.59. The van der Waals surface area contributed by atoms with Crippen LogP contribution in [0.1, 0.15) is 112 Å². The molecule has 0 fully saturated rings. The van der Waals surface area contributed by atoms with Gasteiger partial charge in [-0.1, -0.05) is 73.1 Å². The van der Waals surface area contributed by atoms with Gasteiger partial charge in [0.05, 0.1) is 26.7 Å². The molecule has 0 aliphatic carbocycles. The smallest absolute Gasteiger partial charge is 0.0784 e. The number of carboxylic acids is 1. The number of unbranched alkanes of at least 4 members (excludes halogenated alkanes) is 9. The van der Waals surface area contributed by atoms with Gasteiger partial charge in [-0.05, 0) is 44.4 Å². The van der Waals surface area contributed by atoms with Crippen molar-refractivity contribution in [2.24, 2.45) is 5.92 Å². The highest BCUT2D eigenvalue weighted by Crippen LogP contribution is 2.14. The molecule has 3 nitrogen and oxygen atoms in total. The van der Waals surface area contributed by atoms with Gasteiger partial charge in [-0.2, -0.15) is 0 Å². The van der Waals surface area contributed by atoms with Gasteiger partial charge in [0.2, 0.25) is 0 Å². The lowest BCUT2D eigenvalue weighted by Crippen LogP contribution is -2.46. The van der Waals surface area contributed by atoms with Gasteiger partial charge in [0.15, 0.2) is 0 Å². The van der Waals surface area contributed by atoms with E-state index in [1.807, 2.05) is 0 Å². The molecule has 0 saturated heterocycles. The van der Waals surface area contributed by atoms with Crippen LogP contribution in [0, 0.1) is 5.92 Å². The van der Waals surface area contributed by atoms with Crippen molar-refractivity contribution in [1.82, 2.24) is 0 Å². The molecule has 0 aromatic rings. The summed E-state index contributed by atoms with van der Waals surface area (Å²) in [5.74, 6) is -1.33. The van der Waals surface area contributed by atoms with Gasteiger partial charge in [0.25, 0.3) is 0 Å². The number of hydrogen-bond acceptors (Lipinski definition) is 2. The van der Waals surface area contributed by atoms with Crippen LogP contribution in [0.2, 0.25) is 0 Å². The molecule has 0 unspecified atom stereocenters. The Kier molecular flexibility index (Phi) is 20.4. The quantitative estimate of drug-likeness (QED) is 0.263. The molecular formula is C23H49NO2. The third-order valence-corrected chi connectivity index (χ3v) is 5.13. The summed E-state index contributed by atoms with van der Waals surface area (Å²) in [6.07, 6.45) is 17.0. The number of carbonyl (C=O) groups is 1. The van der Waals surface area contributed by atoms with E-state index in [-0.39, 0.29) is 5.92 Å². The van der Waals surface area contributed by atoms with Crippen molar-refractivity contribution >= 4 is 5.97 Å². The third kappa shape index (κ3) is 19.8. The summed E-state index contributed by atoms with van der Waals surface area (Å²) in [4.78, 5) is 9.59. The van der Waals surface area contributed by atoms with Gasteiger partial charge in [0.1, 0.15) is 0 Å². The summed E-state index contributed by atoms with van der Waals surface area (Å²) in [5.41, 5.74) is 0. The summed E-state index contributed by atoms with van der Waals surface area (Å²) in [6, 6.07) is 0. The highest BCUT2D eigenvalue weighted by atomic mass is 16.4. The number of quaternary nitrogens is 1. The van der Waals surface area contributed by atoms with Crippen LogP contribution in [-0.4, -0.2) is 37.1 Å². The SMILES string of the molecule is CC(C)C(=O)[O-].CCCCCC[N+](C)(CCCCCC)CCCCCC. The summed E-state index contributed by atoms with van der Waals surface area (Å²) >= 11 is 0. The first kappa shape index (κ1) is 27.6. The van der Waals surface area contributed by atoms with Gasteiger partial charge in [-0.3, -0.25) is 0 Å². The zero-order valence-corrected chi connectivity index (χ0v) is 18.9. The van der Waals surface area contributed by atoms with Gasteiger partial charge >= 0.3 is 0 Å². The number of carbonyl (C=O) groups excluding carboxylic acids is 1. The third-order valence-electron chi connectivity index (χ3n) is 5.13. The normalized spacial score (nSPS) is 11.3. The molecule has 0 aliphatic heterocycles. The van der Waals surface area contributed by atoms with Crippen molar-refractivity contribution in [1.29, 1.82) is 0 Å². The molecule has 0 bridgehead atoms. The van der Waals surface area contributed by atoms with Gasteiger partial charge in [0, 0.05) is 5.97 Å². The number of hydrogen-bond donors (Lipinski definition) is 0. The van der Waals surface area contributed by atoms with Crippen LogP contribution in [0.5, 0.6) is 0 Å². The van der Waals surface area contributed by atoms with Gasteiger partial charge in [-0.15, -0.1) is 0 Å². The Morgan fingerprint density at radius 1 is 0.692 bits per heavy atom. The lowest BCUT2D eigenvalue weighted by molar-refractivity contribution is -0.910. The Hall–Kier alpha value is -0.570. The second-order valence-electron chi connectivity index (χ2n) is 8.45. The topological polar surface area (TPSA) is 40.1 Å². The van der Waals surface area contributed by atoms with E-state index in [1.165, 1.54) is 101 Å². The van der Waals surface area contributed by atoms with Crippen LogP contribution in [0.3, 0.4) is 0 Å². The second-order valence-corrected chi connectivity index (χ2v) is 8.45. The van der Waals surface area contributed by atoms with E-state index in [1.54, 1.807) is 13.8 Å². The van der Waals surface area contributed by atoms with E-state index < -0.39 is 5.97 Å². The fourth-order valence-electron chi connectivity index (χ4n) is 3.10. The van der Waals surface area contributed by atoms with Gasteiger partial charge < -0.3 is 14.4 Å². The monoisotopic (exact) mass is 371 g/mol. The Balaban J connectivity index is 0. The first-order valence-electron chi connectivity index (χ1n) is 11.4. The maximum Gasteiger partial charge on any atom is 0.0784 e. The molecule has 0 spiro atoms. The molecule has 158 valence electrons. The Morgan fingerprint density at radius 2 is 0.962 bits per heavy atom. The van der Waals surface area contributed by atoms with E-state index in [2.05, 4.69) is 27.8 Å². The number of rotatable bonds is 16. The molecule has 0 N–H and O–H groups in total.